The zero-order valence-corrected chi connectivity index (χ0v) is 18.2. The molecule has 0 fully saturated rings. The van der Waals surface area contributed by atoms with Crippen molar-refractivity contribution in [2.75, 3.05) is 19.4 Å². The molecule has 5 nitrogen and oxygen atoms in total. The minimum atomic E-state index is -0.475. The summed E-state index contributed by atoms with van der Waals surface area (Å²) < 4.78 is 16.5. The van der Waals surface area contributed by atoms with Crippen molar-refractivity contribution in [3.8, 4) is 16.9 Å². The number of aryl methyl sites for hydroxylation is 2. The molecule has 0 amide bonds. The first-order chi connectivity index (χ1) is 14.9. The van der Waals surface area contributed by atoms with Gasteiger partial charge in [-0.3, -0.25) is 0 Å². The lowest BCUT2D eigenvalue weighted by atomic mass is 10.0. The molecule has 1 N–H and O–H groups in total. The average Bonchev–Trinajstić information content (AvgIpc) is 3.12. The minimum Gasteiger partial charge on any atom is -0.324 e. The van der Waals surface area contributed by atoms with Crippen molar-refractivity contribution in [3.63, 3.8) is 0 Å². The number of benzene rings is 2. The molecule has 0 spiro atoms. The van der Waals surface area contributed by atoms with Gasteiger partial charge in [0.1, 0.15) is 0 Å². The van der Waals surface area contributed by atoms with E-state index in [2.05, 4.69) is 38.4 Å². The summed E-state index contributed by atoms with van der Waals surface area (Å²) in [5, 5.41) is 3.20. The van der Waals surface area contributed by atoms with Crippen LogP contribution in [0.1, 0.15) is 16.7 Å². The van der Waals surface area contributed by atoms with Gasteiger partial charge in [0, 0.05) is 30.2 Å². The molecule has 2 aromatic carbocycles. The first-order valence-corrected chi connectivity index (χ1v) is 10.2. The molecule has 6 heteroatoms. The Kier molecular flexibility index (Phi) is 5.82. The second-order valence-electron chi connectivity index (χ2n) is 8.07. The standard InChI is InChI=1S/C25H26FN5/c1-17-10-18(2)12-21(11-17)28-25-27-13-23(26)24(29-25)31-15-20(14-30(3)4)22(16-31)19-8-6-5-7-9-19/h5-13,15-16H,14H2,1-4H3,(H,27,28,29). The third-order valence-electron chi connectivity index (χ3n) is 4.93. The summed E-state index contributed by atoms with van der Waals surface area (Å²) in [6, 6.07) is 16.2. The highest BCUT2D eigenvalue weighted by atomic mass is 19.1. The zero-order chi connectivity index (χ0) is 22.0. The molecule has 0 radical (unpaired) electrons. The van der Waals surface area contributed by atoms with Gasteiger partial charge in [0.25, 0.3) is 0 Å². The molecular weight excluding hydrogens is 389 g/mol. The van der Waals surface area contributed by atoms with Crippen LogP contribution in [0.15, 0.2) is 67.1 Å². The monoisotopic (exact) mass is 415 g/mol. The van der Waals surface area contributed by atoms with Gasteiger partial charge in [-0.05, 0) is 62.3 Å². The molecule has 0 saturated heterocycles. The molecule has 2 heterocycles. The van der Waals surface area contributed by atoms with Crippen LogP contribution in [-0.2, 0) is 6.54 Å². The SMILES string of the molecule is Cc1cc(C)cc(Nc2ncc(F)c(-n3cc(CN(C)C)c(-c4ccccc4)c3)n2)c1. The van der Waals surface area contributed by atoms with Crippen LogP contribution in [0.4, 0.5) is 16.0 Å². The van der Waals surface area contributed by atoms with Gasteiger partial charge in [0.2, 0.25) is 5.95 Å². The number of nitrogens with zero attached hydrogens (tertiary/aromatic N) is 4. The van der Waals surface area contributed by atoms with Crippen molar-refractivity contribution in [2.45, 2.75) is 20.4 Å². The van der Waals surface area contributed by atoms with Crippen molar-refractivity contribution >= 4 is 11.6 Å². The van der Waals surface area contributed by atoms with E-state index in [1.807, 2.05) is 70.7 Å². The molecular formula is C25H26FN5. The lowest BCUT2D eigenvalue weighted by molar-refractivity contribution is 0.403. The number of aromatic nitrogens is 3. The largest absolute Gasteiger partial charge is 0.324 e. The van der Waals surface area contributed by atoms with Crippen LogP contribution >= 0.6 is 0 Å². The molecule has 0 aliphatic carbocycles. The van der Waals surface area contributed by atoms with E-state index in [1.54, 1.807) is 4.57 Å². The predicted octanol–water partition coefficient (Wildman–Crippen LogP) is 5.50. The first-order valence-electron chi connectivity index (χ1n) is 10.2. The van der Waals surface area contributed by atoms with E-state index in [1.165, 1.54) is 6.20 Å². The summed E-state index contributed by atoms with van der Waals surface area (Å²) in [6.45, 7) is 4.80. The predicted molar refractivity (Wildman–Crippen MR) is 123 cm³/mol. The molecule has 158 valence electrons. The Bertz CT molecular complexity index is 1180. The van der Waals surface area contributed by atoms with Crippen LogP contribution in [0.2, 0.25) is 0 Å². The van der Waals surface area contributed by atoms with Crippen molar-refractivity contribution < 1.29 is 4.39 Å². The Hall–Kier alpha value is -3.51. The highest BCUT2D eigenvalue weighted by molar-refractivity contribution is 5.67. The van der Waals surface area contributed by atoms with E-state index >= 15 is 0 Å². The number of hydrogen-bond donors (Lipinski definition) is 1. The Morgan fingerprint density at radius 3 is 2.39 bits per heavy atom. The fraction of sp³-hybridized carbons (Fsp3) is 0.200. The molecule has 0 atom stereocenters. The summed E-state index contributed by atoms with van der Waals surface area (Å²) in [6.07, 6.45) is 5.08. The van der Waals surface area contributed by atoms with Crippen LogP contribution in [-0.4, -0.2) is 33.5 Å². The van der Waals surface area contributed by atoms with Gasteiger partial charge in [0.15, 0.2) is 11.6 Å². The number of hydrogen-bond acceptors (Lipinski definition) is 4. The third kappa shape index (κ3) is 4.81. The van der Waals surface area contributed by atoms with Gasteiger partial charge in [-0.2, -0.15) is 4.98 Å². The summed E-state index contributed by atoms with van der Waals surface area (Å²) in [5.41, 5.74) is 6.38. The molecule has 0 unspecified atom stereocenters. The van der Waals surface area contributed by atoms with Crippen LogP contribution in [0, 0.1) is 19.7 Å². The van der Waals surface area contributed by atoms with Crippen LogP contribution in [0.3, 0.4) is 0 Å². The topological polar surface area (TPSA) is 46.0 Å². The van der Waals surface area contributed by atoms with Crippen molar-refractivity contribution in [1.29, 1.82) is 0 Å². The maximum atomic E-state index is 14.7. The molecule has 0 aliphatic heterocycles. The quantitative estimate of drug-likeness (QED) is 0.452. The molecule has 0 saturated carbocycles. The van der Waals surface area contributed by atoms with Crippen molar-refractivity contribution in [2.24, 2.45) is 0 Å². The minimum absolute atomic E-state index is 0.212. The lowest BCUT2D eigenvalue weighted by Gasteiger charge is -2.10. The highest BCUT2D eigenvalue weighted by Gasteiger charge is 2.15. The smallest absolute Gasteiger partial charge is 0.229 e. The third-order valence-corrected chi connectivity index (χ3v) is 4.93. The van der Waals surface area contributed by atoms with E-state index in [0.717, 1.165) is 40.0 Å². The van der Waals surface area contributed by atoms with E-state index < -0.39 is 5.82 Å². The Morgan fingerprint density at radius 2 is 1.71 bits per heavy atom. The number of anilines is 2. The first kappa shape index (κ1) is 20.8. The van der Waals surface area contributed by atoms with Gasteiger partial charge < -0.3 is 14.8 Å². The maximum Gasteiger partial charge on any atom is 0.229 e. The number of rotatable bonds is 6. The molecule has 31 heavy (non-hydrogen) atoms. The van der Waals surface area contributed by atoms with Crippen LogP contribution < -0.4 is 5.32 Å². The second-order valence-corrected chi connectivity index (χ2v) is 8.07. The fourth-order valence-electron chi connectivity index (χ4n) is 3.74. The van der Waals surface area contributed by atoms with Crippen molar-refractivity contribution in [1.82, 2.24) is 19.4 Å². The summed E-state index contributed by atoms with van der Waals surface area (Å²) in [7, 11) is 4.03. The van der Waals surface area contributed by atoms with Crippen LogP contribution in [0.25, 0.3) is 16.9 Å². The Balaban J connectivity index is 1.73. The maximum absolute atomic E-state index is 14.7. The van der Waals surface area contributed by atoms with Gasteiger partial charge in [-0.25, -0.2) is 9.37 Å². The molecule has 0 bridgehead atoms. The Labute approximate surface area is 182 Å². The fourth-order valence-corrected chi connectivity index (χ4v) is 3.74. The summed E-state index contributed by atoms with van der Waals surface area (Å²) >= 11 is 0. The highest BCUT2D eigenvalue weighted by Crippen LogP contribution is 2.28. The molecule has 4 rings (SSSR count). The van der Waals surface area contributed by atoms with Gasteiger partial charge in [0.05, 0.1) is 6.20 Å². The van der Waals surface area contributed by atoms with E-state index in [0.29, 0.717) is 5.95 Å². The summed E-state index contributed by atoms with van der Waals surface area (Å²) in [4.78, 5) is 10.7. The van der Waals surface area contributed by atoms with E-state index in [-0.39, 0.29) is 5.82 Å². The zero-order valence-electron chi connectivity index (χ0n) is 18.2. The second kappa shape index (κ2) is 8.70. The van der Waals surface area contributed by atoms with Crippen LogP contribution in [0.5, 0.6) is 0 Å². The van der Waals surface area contributed by atoms with E-state index in [9.17, 15) is 4.39 Å². The normalized spacial score (nSPS) is 11.2. The van der Waals surface area contributed by atoms with Gasteiger partial charge in [-0.1, -0.05) is 36.4 Å². The lowest BCUT2D eigenvalue weighted by Crippen LogP contribution is -2.10. The summed E-state index contributed by atoms with van der Waals surface area (Å²) in [5.74, 6) is 0.0894. The average molecular weight is 416 g/mol. The van der Waals surface area contributed by atoms with Gasteiger partial charge in [-0.15, -0.1) is 0 Å². The molecule has 2 aromatic heterocycles. The molecule has 4 aromatic rings. The number of halogens is 1. The van der Waals surface area contributed by atoms with E-state index in [4.69, 9.17) is 0 Å². The number of nitrogens with one attached hydrogen (secondary N) is 1. The Morgan fingerprint density at radius 1 is 1.00 bits per heavy atom. The molecule has 0 aliphatic rings. The van der Waals surface area contributed by atoms with Crippen molar-refractivity contribution in [3.05, 3.63) is 89.6 Å². The van der Waals surface area contributed by atoms with Gasteiger partial charge >= 0.3 is 0 Å².